The smallest absolute Gasteiger partial charge is 0.398 e. The van der Waals surface area contributed by atoms with Crippen LogP contribution in [0.2, 0.25) is 0 Å². The summed E-state index contributed by atoms with van der Waals surface area (Å²) >= 11 is 0. The van der Waals surface area contributed by atoms with Crippen molar-refractivity contribution in [3.63, 3.8) is 0 Å². The number of hydrogen-bond acceptors (Lipinski definition) is 4. The van der Waals surface area contributed by atoms with Gasteiger partial charge in [-0.15, -0.1) is 0 Å². The Morgan fingerprint density at radius 3 is 2.76 bits per heavy atom. The first kappa shape index (κ1) is 13.7. The fourth-order valence-corrected chi connectivity index (χ4v) is 2.43. The minimum absolute atomic E-state index is 0.162. The van der Waals surface area contributed by atoms with E-state index in [0.717, 1.165) is 0 Å². The van der Waals surface area contributed by atoms with Crippen LogP contribution < -0.4 is 11.2 Å². The predicted molar refractivity (Wildman–Crippen MR) is 74.9 cm³/mol. The number of alkyl halides is 3. The van der Waals surface area contributed by atoms with Crippen molar-refractivity contribution in [2.45, 2.75) is 12.2 Å². The third-order valence-corrected chi connectivity index (χ3v) is 3.41. The van der Waals surface area contributed by atoms with E-state index < -0.39 is 12.2 Å². The van der Waals surface area contributed by atoms with Crippen LogP contribution in [-0.4, -0.2) is 29.3 Å². The number of fused-ring (bicyclic) bond motifs is 1. The molecule has 0 aliphatic carbocycles. The molecule has 1 unspecified atom stereocenters. The Morgan fingerprint density at radius 1 is 1.29 bits per heavy atom. The molecule has 4 nitrogen and oxygen atoms in total. The molecule has 1 atom stereocenters. The van der Waals surface area contributed by atoms with Crippen LogP contribution in [0.25, 0.3) is 16.5 Å². The van der Waals surface area contributed by atoms with Crippen LogP contribution in [0.15, 0.2) is 36.7 Å². The summed E-state index contributed by atoms with van der Waals surface area (Å²) in [6, 6.07) is 4.84. The summed E-state index contributed by atoms with van der Waals surface area (Å²) in [6.45, 7) is 0. The third kappa shape index (κ3) is 2.40. The van der Waals surface area contributed by atoms with Gasteiger partial charge < -0.3 is 10.7 Å². The van der Waals surface area contributed by atoms with Gasteiger partial charge in [0.25, 0.3) is 0 Å². The second kappa shape index (κ2) is 4.63. The number of rotatable bonds is 1. The lowest BCUT2D eigenvalue weighted by atomic mass is 9.98. The molecule has 21 heavy (non-hydrogen) atoms. The molecule has 2 aromatic rings. The molecule has 1 aliphatic heterocycles. The number of halogens is 3. The quantitative estimate of drug-likeness (QED) is 0.848. The summed E-state index contributed by atoms with van der Waals surface area (Å²) in [6.07, 6.45) is -1.36. The van der Waals surface area contributed by atoms with Gasteiger partial charge in [0.1, 0.15) is 6.04 Å². The Kier molecular flexibility index (Phi) is 3.02. The van der Waals surface area contributed by atoms with Crippen LogP contribution >= 0.6 is 0 Å². The molecule has 0 fully saturated rings. The highest BCUT2D eigenvalue weighted by molar-refractivity contribution is 5.92. The van der Waals surface area contributed by atoms with Gasteiger partial charge in [-0.1, -0.05) is 6.07 Å². The molecule has 1 aromatic heterocycles. The second-order valence-electron chi connectivity index (χ2n) is 4.93. The molecule has 1 aromatic carbocycles. The van der Waals surface area contributed by atoms with Crippen molar-refractivity contribution >= 4 is 22.2 Å². The maximum atomic E-state index is 13.1. The van der Waals surface area contributed by atoms with Crippen molar-refractivity contribution in [2.75, 3.05) is 12.8 Å². The number of nitrogens with two attached hydrogens (primary N) is 1. The largest absolute Gasteiger partial charge is 0.409 e. The number of nitrogens with zero attached hydrogens (tertiary/aromatic N) is 2. The lowest BCUT2D eigenvalue weighted by molar-refractivity contribution is -0.146. The summed E-state index contributed by atoms with van der Waals surface area (Å²) in [7, 11) is 1.53. The number of aromatic nitrogens is 1. The number of nitrogens with one attached hydrogen (secondary N) is 1. The summed E-state index contributed by atoms with van der Waals surface area (Å²) in [5, 5.41) is 1.95. The van der Waals surface area contributed by atoms with E-state index in [-0.39, 0.29) is 5.57 Å². The van der Waals surface area contributed by atoms with Gasteiger partial charge in [-0.05, 0) is 23.8 Å². The molecule has 1 aliphatic rings. The standard InChI is InChI=1S/C14H13F3N4/c1-21-7-10(13(20-21)14(15,16)17)8-2-3-12-9(6-8)11(18)4-5-19-12/h2-7,13,20H,1H3,(H2,18,19). The van der Waals surface area contributed by atoms with Gasteiger partial charge in [0.15, 0.2) is 0 Å². The van der Waals surface area contributed by atoms with Crippen molar-refractivity contribution in [3.05, 3.63) is 42.2 Å². The van der Waals surface area contributed by atoms with Gasteiger partial charge >= 0.3 is 6.18 Å². The summed E-state index contributed by atoms with van der Waals surface area (Å²) in [5.74, 6) is 0. The number of benzene rings is 1. The van der Waals surface area contributed by atoms with Gasteiger partial charge in [-0.25, -0.2) is 5.43 Å². The lowest BCUT2D eigenvalue weighted by Gasteiger charge is -2.20. The molecule has 7 heteroatoms. The molecule has 2 heterocycles. The zero-order chi connectivity index (χ0) is 15.2. The minimum atomic E-state index is -4.37. The Morgan fingerprint density at radius 2 is 2.05 bits per heavy atom. The van der Waals surface area contributed by atoms with E-state index >= 15 is 0 Å². The summed E-state index contributed by atoms with van der Waals surface area (Å²) < 4.78 is 39.3. The molecular formula is C14H13F3N4. The van der Waals surface area contributed by atoms with Gasteiger partial charge in [0, 0.05) is 36.1 Å². The van der Waals surface area contributed by atoms with Crippen molar-refractivity contribution in [3.8, 4) is 0 Å². The molecule has 0 radical (unpaired) electrons. The molecular weight excluding hydrogens is 281 g/mol. The molecule has 0 bridgehead atoms. The van der Waals surface area contributed by atoms with Crippen molar-refractivity contribution in [1.29, 1.82) is 0 Å². The highest BCUT2D eigenvalue weighted by Crippen LogP contribution is 2.35. The van der Waals surface area contributed by atoms with Crippen LogP contribution in [0.3, 0.4) is 0 Å². The van der Waals surface area contributed by atoms with E-state index in [1.807, 2.05) is 0 Å². The van der Waals surface area contributed by atoms with E-state index in [9.17, 15) is 13.2 Å². The van der Waals surface area contributed by atoms with Crippen molar-refractivity contribution in [1.82, 2.24) is 15.4 Å². The number of nitrogen functional groups attached to an aromatic ring is 1. The predicted octanol–water partition coefficient (Wildman–Crippen LogP) is 2.54. The van der Waals surface area contributed by atoms with Crippen LogP contribution in [0, 0.1) is 0 Å². The van der Waals surface area contributed by atoms with E-state index in [1.165, 1.54) is 18.3 Å². The lowest BCUT2D eigenvalue weighted by Crippen LogP contribution is -2.43. The van der Waals surface area contributed by atoms with Gasteiger partial charge in [-0.3, -0.25) is 4.98 Å². The number of anilines is 1. The highest BCUT2D eigenvalue weighted by atomic mass is 19.4. The van der Waals surface area contributed by atoms with E-state index in [0.29, 0.717) is 22.2 Å². The Hall–Kier alpha value is -2.28. The Labute approximate surface area is 119 Å². The Bertz CT molecular complexity index is 724. The summed E-state index contributed by atoms with van der Waals surface area (Å²) in [4.78, 5) is 4.14. The highest BCUT2D eigenvalue weighted by Gasteiger charge is 2.45. The number of pyridine rings is 1. The average molecular weight is 294 g/mol. The minimum Gasteiger partial charge on any atom is -0.398 e. The molecule has 3 N–H and O–H groups in total. The zero-order valence-electron chi connectivity index (χ0n) is 11.1. The SMILES string of the molecule is CN1C=C(c2ccc3nccc(N)c3c2)C(C(F)(F)F)N1. The van der Waals surface area contributed by atoms with Crippen LogP contribution in [0.4, 0.5) is 18.9 Å². The van der Waals surface area contributed by atoms with Crippen molar-refractivity contribution in [2.24, 2.45) is 0 Å². The molecule has 0 amide bonds. The molecule has 0 saturated carbocycles. The van der Waals surface area contributed by atoms with E-state index in [2.05, 4.69) is 10.4 Å². The first-order valence-electron chi connectivity index (χ1n) is 6.28. The monoisotopic (exact) mass is 294 g/mol. The zero-order valence-corrected chi connectivity index (χ0v) is 11.1. The van der Waals surface area contributed by atoms with E-state index in [4.69, 9.17) is 5.73 Å². The fraction of sp³-hybridized carbons (Fsp3) is 0.214. The van der Waals surface area contributed by atoms with Crippen LogP contribution in [-0.2, 0) is 0 Å². The topological polar surface area (TPSA) is 54.2 Å². The van der Waals surface area contributed by atoms with Gasteiger partial charge in [0.2, 0.25) is 0 Å². The fourth-order valence-electron chi connectivity index (χ4n) is 2.43. The summed E-state index contributed by atoms with van der Waals surface area (Å²) in [5.41, 5.74) is 10.0. The van der Waals surface area contributed by atoms with Crippen molar-refractivity contribution < 1.29 is 13.2 Å². The maximum Gasteiger partial charge on any atom is 0.409 e. The van der Waals surface area contributed by atoms with Gasteiger partial charge in [0.05, 0.1) is 5.52 Å². The van der Waals surface area contributed by atoms with Gasteiger partial charge in [-0.2, -0.15) is 13.2 Å². The first-order valence-corrected chi connectivity index (χ1v) is 6.28. The maximum absolute atomic E-state index is 13.1. The normalized spacial score (nSPS) is 19.1. The third-order valence-electron chi connectivity index (χ3n) is 3.41. The molecule has 3 rings (SSSR count). The number of hydrogen-bond donors (Lipinski definition) is 2. The molecule has 110 valence electrons. The van der Waals surface area contributed by atoms with Crippen LogP contribution in [0.5, 0.6) is 0 Å². The van der Waals surface area contributed by atoms with Crippen LogP contribution in [0.1, 0.15) is 5.56 Å². The Balaban J connectivity index is 2.11. The molecule has 0 saturated heterocycles. The number of hydrazine groups is 1. The second-order valence-corrected chi connectivity index (χ2v) is 4.93. The molecule has 0 spiro atoms. The first-order chi connectivity index (χ1) is 9.86. The average Bonchev–Trinajstić information content (AvgIpc) is 2.81. The van der Waals surface area contributed by atoms with E-state index in [1.54, 1.807) is 30.5 Å².